The highest BCUT2D eigenvalue weighted by Crippen LogP contribution is 2.45. The second-order valence-corrected chi connectivity index (χ2v) is 8.57. The molecule has 1 aliphatic carbocycles. The van der Waals surface area contributed by atoms with E-state index in [4.69, 9.17) is 11.6 Å². The first-order chi connectivity index (χ1) is 15.4. The van der Waals surface area contributed by atoms with Gasteiger partial charge in [0.05, 0.1) is 28.0 Å². The van der Waals surface area contributed by atoms with Gasteiger partial charge in [-0.05, 0) is 62.9 Å². The third-order valence-electron chi connectivity index (χ3n) is 6.37. The lowest BCUT2D eigenvalue weighted by Crippen LogP contribution is -2.47. The number of hydrogen-bond acceptors (Lipinski definition) is 5. The van der Waals surface area contributed by atoms with Crippen molar-refractivity contribution in [3.8, 4) is 0 Å². The molecular weight excluding hydrogens is 435 g/mol. The number of nitrogens with one attached hydrogen (secondary N) is 1. The van der Waals surface area contributed by atoms with Crippen LogP contribution < -0.4 is 10.3 Å². The fourth-order valence-corrected chi connectivity index (χ4v) is 4.79. The van der Waals surface area contributed by atoms with E-state index in [-0.39, 0.29) is 22.9 Å². The summed E-state index contributed by atoms with van der Waals surface area (Å²) >= 11 is 6.16. The summed E-state index contributed by atoms with van der Waals surface area (Å²) in [7, 11) is 0. The van der Waals surface area contributed by atoms with Crippen molar-refractivity contribution < 1.29 is 14.0 Å². The maximum absolute atomic E-state index is 13.4. The molecule has 1 fully saturated rings. The van der Waals surface area contributed by atoms with Crippen LogP contribution in [-0.4, -0.2) is 38.2 Å². The maximum Gasteiger partial charge on any atom is 0.271 e. The lowest BCUT2D eigenvalue weighted by atomic mass is 9.69. The van der Waals surface area contributed by atoms with Gasteiger partial charge in [0.1, 0.15) is 11.5 Å². The van der Waals surface area contributed by atoms with Crippen LogP contribution >= 0.6 is 11.6 Å². The van der Waals surface area contributed by atoms with Crippen molar-refractivity contribution in [3.05, 3.63) is 59.3 Å². The first kappa shape index (κ1) is 20.6. The quantitative estimate of drug-likeness (QED) is 0.654. The molecule has 3 heterocycles. The Kier molecular flexibility index (Phi) is 4.93. The van der Waals surface area contributed by atoms with E-state index in [1.165, 1.54) is 33.9 Å². The molecule has 2 aromatic heterocycles. The summed E-state index contributed by atoms with van der Waals surface area (Å²) in [6.45, 7) is 1.83. The molecule has 0 radical (unpaired) electrons. The van der Waals surface area contributed by atoms with E-state index < -0.39 is 11.2 Å². The van der Waals surface area contributed by atoms with E-state index >= 15 is 0 Å². The van der Waals surface area contributed by atoms with Crippen molar-refractivity contribution in [2.45, 2.75) is 38.6 Å². The Morgan fingerprint density at radius 3 is 2.81 bits per heavy atom. The van der Waals surface area contributed by atoms with Gasteiger partial charge in [0.25, 0.3) is 11.8 Å². The summed E-state index contributed by atoms with van der Waals surface area (Å²) in [5, 5.41) is 13.1. The van der Waals surface area contributed by atoms with Crippen molar-refractivity contribution in [3.63, 3.8) is 0 Å². The largest absolute Gasteiger partial charge is 0.348 e. The zero-order valence-corrected chi connectivity index (χ0v) is 18.0. The van der Waals surface area contributed by atoms with Crippen LogP contribution in [0.25, 0.3) is 5.65 Å². The highest BCUT2D eigenvalue weighted by Gasteiger charge is 2.51. The molecule has 1 spiro atoms. The molecule has 8 nitrogen and oxygen atoms in total. The van der Waals surface area contributed by atoms with Gasteiger partial charge in [0.15, 0.2) is 5.65 Å². The monoisotopic (exact) mass is 454 g/mol. The average Bonchev–Trinajstić information content (AvgIpc) is 3.31. The number of aromatic nitrogens is 3. The first-order valence-electron chi connectivity index (χ1n) is 10.3. The van der Waals surface area contributed by atoms with Gasteiger partial charge in [-0.25, -0.2) is 13.9 Å². The fourth-order valence-electron chi connectivity index (χ4n) is 4.54. The van der Waals surface area contributed by atoms with Crippen LogP contribution in [0.15, 0.2) is 47.8 Å². The van der Waals surface area contributed by atoms with E-state index in [0.717, 1.165) is 0 Å². The standard InChI is InChI=1S/C22H20ClFN6O2/c1-13-22(21(32)30(28-13)17-5-4-14(24)11-16(17)23)8-6-15(7-9-22)27-20(31)18-12-25-19-3-2-10-26-29(18)19/h2-5,10-12,15H,6-9H2,1H3,(H,27,31)/t15-,22-. The van der Waals surface area contributed by atoms with Gasteiger partial charge in [-0.2, -0.15) is 15.2 Å². The van der Waals surface area contributed by atoms with E-state index in [2.05, 4.69) is 20.5 Å². The molecule has 3 aromatic rings. The van der Waals surface area contributed by atoms with E-state index in [1.54, 1.807) is 18.3 Å². The first-order valence-corrected chi connectivity index (χ1v) is 10.7. The minimum Gasteiger partial charge on any atom is -0.348 e. The number of nitrogens with zero attached hydrogens (tertiary/aromatic N) is 5. The minimum absolute atomic E-state index is 0.0774. The number of benzene rings is 1. The predicted molar refractivity (Wildman–Crippen MR) is 117 cm³/mol. The molecule has 10 heteroatoms. The van der Waals surface area contributed by atoms with E-state index in [0.29, 0.717) is 48.4 Å². The normalized spacial score (nSPS) is 23.1. The predicted octanol–water partition coefficient (Wildman–Crippen LogP) is 3.60. The van der Waals surface area contributed by atoms with Gasteiger partial charge < -0.3 is 5.32 Å². The van der Waals surface area contributed by atoms with Crippen LogP contribution in [0, 0.1) is 11.2 Å². The molecule has 5 rings (SSSR count). The molecule has 0 bridgehead atoms. The van der Waals surface area contributed by atoms with Crippen LogP contribution in [0.1, 0.15) is 43.1 Å². The summed E-state index contributed by atoms with van der Waals surface area (Å²) in [4.78, 5) is 30.3. The second-order valence-electron chi connectivity index (χ2n) is 8.17. The number of hydrazone groups is 1. The van der Waals surface area contributed by atoms with Crippen molar-refractivity contribution in [2.75, 3.05) is 5.01 Å². The van der Waals surface area contributed by atoms with Gasteiger partial charge in [-0.3, -0.25) is 9.59 Å². The van der Waals surface area contributed by atoms with Crippen molar-refractivity contribution in [2.24, 2.45) is 10.5 Å². The maximum atomic E-state index is 13.4. The Morgan fingerprint density at radius 2 is 2.06 bits per heavy atom. The van der Waals surface area contributed by atoms with E-state index in [9.17, 15) is 14.0 Å². The Morgan fingerprint density at radius 1 is 1.28 bits per heavy atom. The topological polar surface area (TPSA) is 92.0 Å². The number of halogens is 2. The van der Waals surface area contributed by atoms with Gasteiger partial charge in [-0.1, -0.05) is 11.6 Å². The molecule has 2 aliphatic rings. The number of carbonyl (C=O) groups excluding carboxylic acids is 2. The van der Waals surface area contributed by atoms with Crippen molar-refractivity contribution in [1.82, 2.24) is 19.9 Å². The second kappa shape index (κ2) is 7.67. The number of carbonyl (C=O) groups is 2. The number of amides is 2. The number of imidazole rings is 1. The van der Waals surface area contributed by atoms with Crippen LogP contribution in [0.3, 0.4) is 0 Å². The lowest BCUT2D eigenvalue weighted by Gasteiger charge is -2.36. The number of rotatable bonds is 3. The highest BCUT2D eigenvalue weighted by atomic mass is 35.5. The molecule has 0 atom stereocenters. The molecule has 0 saturated heterocycles. The smallest absolute Gasteiger partial charge is 0.271 e. The third kappa shape index (κ3) is 3.24. The number of hydrogen-bond donors (Lipinski definition) is 1. The Labute approximate surface area is 188 Å². The zero-order valence-electron chi connectivity index (χ0n) is 17.3. The van der Waals surface area contributed by atoms with Gasteiger partial charge >= 0.3 is 0 Å². The van der Waals surface area contributed by atoms with Crippen LogP contribution in [0.2, 0.25) is 5.02 Å². The summed E-state index contributed by atoms with van der Waals surface area (Å²) in [6, 6.07) is 7.34. The number of anilines is 1. The van der Waals surface area contributed by atoms with Gasteiger partial charge in [-0.15, -0.1) is 0 Å². The molecule has 164 valence electrons. The molecule has 1 saturated carbocycles. The molecule has 32 heavy (non-hydrogen) atoms. The summed E-state index contributed by atoms with van der Waals surface area (Å²) < 4.78 is 14.9. The Bertz CT molecular complexity index is 1260. The molecular formula is C22H20ClFN6O2. The van der Waals surface area contributed by atoms with Crippen LogP contribution in [0.4, 0.5) is 10.1 Å². The minimum atomic E-state index is -0.732. The summed E-state index contributed by atoms with van der Waals surface area (Å²) in [5.41, 5.74) is 1.31. The summed E-state index contributed by atoms with van der Waals surface area (Å²) in [5.74, 6) is -0.891. The molecule has 0 unspecified atom stereocenters. The Hall–Kier alpha value is -3.33. The SMILES string of the molecule is CC1=NN(c2ccc(F)cc2Cl)C(=O)[C@]12CC[C@H](NC(=O)c1cnc3cccnn13)CC2. The van der Waals surface area contributed by atoms with Crippen molar-refractivity contribution >= 4 is 40.5 Å². The van der Waals surface area contributed by atoms with Gasteiger partial charge in [0.2, 0.25) is 0 Å². The van der Waals surface area contributed by atoms with Crippen molar-refractivity contribution in [1.29, 1.82) is 0 Å². The zero-order chi connectivity index (χ0) is 22.5. The van der Waals surface area contributed by atoms with Crippen LogP contribution in [-0.2, 0) is 4.79 Å². The van der Waals surface area contributed by atoms with E-state index in [1.807, 2.05) is 6.92 Å². The molecule has 1 aliphatic heterocycles. The lowest BCUT2D eigenvalue weighted by molar-refractivity contribution is -0.125. The molecule has 1 N–H and O–H groups in total. The molecule has 1 aromatic carbocycles. The number of fused-ring (bicyclic) bond motifs is 1. The third-order valence-corrected chi connectivity index (χ3v) is 6.67. The van der Waals surface area contributed by atoms with Gasteiger partial charge in [0, 0.05) is 12.2 Å². The molecule has 2 amide bonds. The van der Waals surface area contributed by atoms with Crippen LogP contribution in [0.5, 0.6) is 0 Å². The Balaban J connectivity index is 1.29. The fraction of sp³-hybridized carbons (Fsp3) is 0.318. The average molecular weight is 455 g/mol. The highest BCUT2D eigenvalue weighted by molar-refractivity contribution is 6.34. The summed E-state index contributed by atoms with van der Waals surface area (Å²) in [6.07, 6.45) is 5.45.